The molecule has 4 aromatic rings. The molecule has 168 valence electrons. The molecular formula is C25H23FN4O2S. The van der Waals surface area contributed by atoms with E-state index in [0.29, 0.717) is 17.4 Å². The van der Waals surface area contributed by atoms with E-state index in [4.69, 9.17) is 0 Å². The SMILES string of the molecule is CSc1nnc(CNC(=O)C(Cc2ccc(O)cc2)c2ccccc2)n1-c1ccc(F)cc1. The van der Waals surface area contributed by atoms with Gasteiger partial charge in [-0.15, -0.1) is 10.2 Å². The number of hydrogen-bond donors (Lipinski definition) is 2. The summed E-state index contributed by atoms with van der Waals surface area (Å²) in [4.78, 5) is 13.3. The molecule has 1 unspecified atom stereocenters. The Hall–Kier alpha value is -3.65. The van der Waals surface area contributed by atoms with Crippen molar-refractivity contribution >= 4 is 17.7 Å². The number of halogens is 1. The first-order chi connectivity index (χ1) is 16.0. The second kappa shape index (κ2) is 10.3. The standard InChI is InChI=1S/C25H23FN4O2S/c1-33-25-29-28-23(30(25)20-11-9-19(26)10-12-20)16-27-24(32)22(18-5-3-2-4-6-18)15-17-7-13-21(31)14-8-17/h2-14,22,31H,15-16H2,1H3,(H,27,32). The van der Waals surface area contributed by atoms with Gasteiger partial charge in [0.25, 0.3) is 0 Å². The van der Waals surface area contributed by atoms with Gasteiger partial charge < -0.3 is 10.4 Å². The lowest BCUT2D eigenvalue weighted by Crippen LogP contribution is -2.31. The molecule has 4 rings (SSSR count). The van der Waals surface area contributed by atoms with Crippen LogP contribution in [0, 0.1) is 5.82 Å². The monoisotopic (exact) mass is 462 g/mol. The average molecular weight is 463 g/mol. The Labute approximate surface area is 195 Å². The minimum atomic E-state index is -0.419. The number of rotatable bonds is 8. The van der Waals surface area contributed by atoms with Crippen molar-refractivity contribution < 1.29 is 14.3 Å². The van der Waals surface area contributed by atoms with Crippen molar-refractivity contribution in [3.63, 3.8) is 0 Å². The fraction of sp³-hybridized carbons (Fsp3) is 0.160. The molecule has 8 heteroatoms. The summed E-state index contributed by atoms with van der Waals surface area (Å²) in [5, 5.41) is 21.6. The van der Waals surface area contributed by atoms with Crippen molar-refractivity contribution in [2.75, 3.05) is 6.26 Å². The Kier molecular flexibility index (Phi) is 7.04. The molecule has 3 aromatic carbocycles. The van der Waals surface area contributed by atoms with E-state index >= 15 is 0 Å². The van der Waals surface area contributed by atoms with Gasteiger partial charge in [0, 0.05) is 5.69 Å². The summed E-state index contributed by atoms with van der Waals surface area (Å²) < 4.78 is 15.2. The maximum Gasteiger partial charge on any atom is 0.228 e. The molecule has 1 aromatic heterocycles. The highest BCUT2D eigenvalue weighted by Gasteiger charge is 2.22. The molecule has 0 radical (unpaired) electrons. The summed E-state index contributed by atoms with van der Waals surface area (Å²) in [6.45, 7) is 0.169. The van der Waals surface area contributed by atoms with Gasteiger partial charge in [-0.1, -0.05) is 54.2 Å². The van der Waals surface area contributed by atoms with Crippen LogP contribution < -0.4 is 5.32 Å². The lowest BCUT2D eigenvalue weighted by Gasteiger charge is -2.18. The second-order valence-electron chi connectivity index (χ2n) is 7.47. The first-order valence-corrected chi connectivity index (χ1v) is 11.6. The summed E-state index contributed by atoms with van der Waals surface area (Å²) in [5.74, 6) is -0.154. The number of nitrogens with one attached hydrogen (secondary N) is 1. The van der Waals surface area contributed by atoms with Crippen molar-refractivity contribution in [1.29, 1.82) is 0 Å². The predicted octanol–water partition coefficient (Wildman–Crippen LogP) is 4.48. The van der Waals surface area contributed by atoms with Crippen molar-refractivity contribution in [2.45, 2.75) is 24.0 Å². The number of carbonyl (C=O) groups excluding carboxylic acids is 1. The van der Waals surface area contributed by atoms with Crippen LogP contribution in [0.4, 0.5) is 4.39 Å². The van der Waals surface area contributed by atoms with Crippen molar-refractivity contribution in [2.24, 2.45) is 0 Å². The number of amides is 1. The van der Waals surface area contributed by atoms with Crippen LogP contribution in [0.2, 0.25) is 0 Å². The van der Waals surface area contributed by atoms with Crippen molar-refractivity contribution in [3.05, 3.63) is 102 Å². The number of phenolic OH excluding ortho intramolecular Hbond substituents is 1. The molecule has 0 spiro atoms. The van der Waals surface area contributed by atoms with Gasteiger partial charge in [-0.05, 0) is 60.2 Å². The number of hydrogen-bond acceptors (Lipinski definition) is 5. The van der Waals surface area contributed by atoms with Crippen LogP contribution in [0.5, 0.6) is 5.75 Å². The normalized spacial score (nSPS) is 11.8. The number of aromatic hydroxyl groups is 1. The van der Waals surface area contributed by atoms with Crippen LogP contribution in [0.3, 0.4) is 0 Å². The van der Waals surface area contributed by atoms with E-state index in [0.717, 1.165) is 16.8 Å². The molecule has 0 saturated carbocycles. The highest BCUT2D eigenvalue weighted by molar-refractivity contribution is 7.98. The summed E-state index contributed by atoms with van der Waals surface area (Å²) in [6.07, 6.45) is 2.37. The smallest absolute Gasteiger partial charge is 0.228 e. The Balaban J connectivity index is 1.56. The highest BCUT2D eigenvalue weighted by atomic mass is 32.2. The van der Waals surface area contributed by atoms with Gasteiger partial charge in [0.15, 0.2) is 11.0 Å². The number of phenols is 1. The molecule has 0 bridgehead atoms. The molecule has 0 aliphatic rings. The number of aromatic nitrogens is 3. The fourth-order valence-corrected chi connectivity index (χ4v) is 4.12. The van der Waals surface area contributed by atoms with Crippen LogP contribution in [0.25, 0.3) is 5.69 Å². The zero-order chi connectivity index (χ0) is 23.2. The van der Waals surface area contributed by atoms with Gasteiger partial charge in [-0.3, -0.25) is 9.36 Å². The van der Waals surface area contributed by atoms with Gasteiger partial charge in [-0.2, -0.15) is 0 Å². The van der Waals surface area contributed by atoms with Crippen LogP contribution in [0.15, 0.2) is 84.0 Å². The number of carbonyl (C=O) groups is 1. The zero-order valence-electron chi connectivity index (χ0n) is 18.0. The summed E-state index contributed by atoms with van der Waals surface area (Å²) >= 11 is 1.42. The Morgan fingerprint density at radius 2 is 1.73 bits per heavy atom. The molecule has 6 nitrogen and oxygen atoms in total. The van der Waals surface area contributed by atoms with Crippen LogP contribution in [-0.4, -0.2) is 32.0 Å². The van der Waals surface area contributed by atoms with Crippen LogP contribution in [-0.2, 0) is 17.8 Å². The van der Waals surface area contributed by atoms with E-state index in [-0.39, 0.29) is 24.0 Å². The van der Waals surface area contributed by atoms with Crippen LogP contribution in [0.1, 0.15) is 22.9 Å². The summed E-state index contributed by atoms with van der Waals surface area (Å²) in [7, 11) is 0. The lowest BCUT2D eigenvalue weighted by atomic mass is 9.91. The van der Waals surface area contributed by atoms with E-state index in [1.165, 1.54) is 23.9 Å². The molecule has 1 heterocycles. The maximum absolute atomic E-state index is 13.4. The van der Waals surface area contributed by atoms with E-state index in [2.05, 4.69) is 15.5 Å². The largest absolute Gasteiger partial charge is 0.508 e. The van der Waals surface area contributed by atoms with E-state index in [1.54, 1.807) is 24.3 Å². The molecule has 0 aliphatic carbocycles. The van der Waals surface area contributed by atoms with E-state index < -0.39 is 5.92 Å². The van der Waals surface area contributed by atoms with Gasteiger partial charge in [0.2, 0.25) is 5.91 Å². The first kappa shape index (κ1) is 22.5. The van der Waals surface area contributed by atoms with Crippen molar-refractivity contribution in [1.82, 2.24) is 20.1 Å². The molecule has 1 atom stereocenters. The minimum Gasteiger partial charge on any atom is -0.508 e. The van der Waals surface area contributed by atoms with E-state index in [9.17, 15) is 14.3 Å². The summed E-state index contributed by atoms with van der Waals surface area (Å²) in [5.41, 5.74) is 2.56. The third-order valence-corrected chi connectivity index (χ3v) is 5.91. The topological polar surface area (TPSA) is 80.0 Å². The van der Waals surface area contributed by atoms with Crippen molar-refractivity contribution in [3.8, 4) is 11.4 Å². The molecule has 0 saturated heterocycles. The molecule has 0 fully saturated rings. The molecule has 0 aliphatic heterocycles. The quantitative estimate of drug-likeness (QED) is 0.378. The molecular weight excluding hydrogens is 439 g/mol. The molecule has 1 amide bonds. The third-order valence-electron chi connectivity index (χ3n) is 5.28. The van der Waals surface area contributed by atoms with E-state index in [1.807, 2.05) is 53.3 Å². The molecule has 33 heavy (non-hydrogen) atoms. The maximum atomic E-state index is 13.4. The predicted molar refractivity (Wildman–Crippen MR) is 126 cm³/mol. The Bertz CT molecular complexity index is 1210. The average Bonchev–Trinajstić information content (AvgIpc) is 3.26. The lowest BCUT2D eigenvalue weighted by molar-refractivity contribution is -0.122. The number of benzene rings is 3. The fourth-order valence-electron chi connectivity index (χ4n) is 3.60. The number of thioether (sulfide) groups is 1. The highest BCUT2D eigenvalue weighted by Crippen LogP contribution is 2.24. The second-order valence-corrected chi connectivity index (χ2v) is 8.24. The summed E-state index contributed by atoms with van der Waals surface area (Å²) in [6, 6.07) is 22.5. The van der Waals surface area contributed by atoms with Gasteiger partial charge >= 0.3 is 0 Å². The minimum absolute atomic E-state index is 0.145. The Morgan fingerprint density at radius 1 is 1.03 bits per heavy atom. The van der Waals surface area contributed by atoms with Crippen LogP contribution >= 0.6 is 11.8 Å². The zero-order valence-corrected chi connectivity index (χ0v) is 18.8. The molecule has 2 N–H and O–H groups in total. The van der Waals surface area contributed by atoms with Gasteiger partial charge in [0.1, 0.15) is 11.6 Å². The number of nitrogens with zero attached hydrogens (tertiary/aromatic N) is 3. The third kappa shape index (κ3) is 5.40. The van der Waals surface area contributed by atoms with Gasteiger partial charge in [0.05, 0.1) is 12.5 Å². The first-order valence-electron chi connectivity index (χ1n) is 10.4. The van der Waals surface area contributed by atoms with Gasteiger partial charge in [-0.25, -0.2) is 4.39 Å². The Morgan fingerprint density at radius 3 is 2.39 bits per heavy atom.